The number of hydrogen-bond donors (Lipinski definition) is 1. The molecule has 3 aromatic rings. The number of hydrogen-bond acceptors (Lipinski definition) is 4. The Balaban J connectivity index is 2.15. The molecule has 4 rings (SSSR count). The van der Waals surface area contributed by atoms with Crippen molar-refractivity contribution in [1.82, 2.24) is 14.9 Å². The number of aromatic nitrogens is 2. The van der Waals surface area contributed by atoms with Gasteiger partial charge >= 0.3 is 6.18 Å². The van der Waals surface area contributed by atoms with Crippen LogP contribution in [0.15, 0.2) is 33.7 Å². The van der Waals surface area contributed by atoms with Crippen LogP contribution in [0.2, 0.25) is 0 Å². The summed E-state index contributed by atoms with van der Waals surface area (Å²) in [5.41, 5.74) is 0.246. The fourth-order valence-electron chi connectivity index (χ4n) is 3.14. The molecule has 1 saturated heterocycles. The molecule has 3 heterocycles. The van der Waals surface area contributed by atoms with Crippen LogP contribution >= 0.6 is 0 Å². The molecular formula is C15H12F3N3O2. The molecule has 1 atom stereocenters. The third-order valence-corrected chi connectivity index (χ3v) is 4.13. The van der Waals surface area contributed by atoms with Crippen LogP contribution in [-0.4, -0.2) is 22.6 Å². The van der Waals surface area contributed by atoms with Crippen molar-refractivity contribution >= 4 is 22.0 Å². The van der Waals surface area contributed by atoms with Gasteiger partial charge in [0.1, 0.15) is 5.52 Å². The lowest BCUT2D eigenvalue weighted by Gasteiger charge is -2.17. The summed E-state index contributed by atoms with van der Waals surface area (Å²) in [5, 5.41) is 3.31. The first-order valence-electron chi connectivity index (χ1n) is 7.17. The van der Waals surface area contributed by atoms with Gasteiger partial charge in [0.25, 0.3) is 0 Å². The summed E-state index contributed by atoms with van der Waals surface area (Å²) >= 11 is 0. The summed E-state index contributed by atoms with van der Waals surface area (Å²) in [6, 6.07) is 3.75. The predicted molar refractivity (Wildman–Crippen MR) is 77.3 cm³/mol. The summed E-state index contributed by atoms with van der Waals surface area (Å²) in [4.78, 5) is 15.7. The maximum Gasteiger partial charge on any atom is 0.449 e. The highest BCUT2D eigenvalue weighted by molar-refractivity contribution is 6.00. The lowest BCUT2D eigenvalue weighted by molar-refractivity contribution is -0.147. The Bertz CT molecular complexity index is 952. The molecule has 1 aromatic carbocycles. The van der Waals surface area contributed by atoms with Gasteiger partial charge in [-0.15, -0.1) is 0 Å². The standard InChI is InChI=1S/C15H12F3N3O2/c16-15(17,18)14-20-10-2-1-9-11(22)4-6-23-13(9)12(10)21(14)8-3-5-19-7-8/h1-2,4,6,8,19H,3,5,7H2. The summed E-state index contributed by atoms with van der Waals surface area (Å²) in [6.07, 6.45) is -2.83. The quantitative estimate of drug-likeness (QED) is 0.748. The molecule has 0 bridgehead atoms. The zero-order valence-electron chi connectivity index (χ0n) is 11.9. The van der Waals surface area contributed by atoms with Gasteiger partial charge in [-0.1, -0.05) is 0 Å². The van der Waals surface area contributed by atoms with E-state index in [1.54, 1.807) is 0 Å². The van der Waals surface area contributed by atoms with Crippen LogP contribution in [0.25, 0.3) is 22.0 Å². The molecule has 1 aliphatic rings. The zero-order chi connectivity index (χ0) is 16.2. The summed E-state index contributed by atoms with van der Waals surface area (Å²) in [5.74, 6) is -0.958. The fraction of sp³-hybridized carbons (Fsp3) is 0.333. The Morgan fingerprint density at radius 3 is 2.83 bits per heavy atom. The molecule has 2 aromatic heterocycles. The van der Waals surface area contributed by atoms with E-state index in [1.165, 1.54) is 29.0 Å². The maximum absolute atomic E-state index is 13.4. The molecule has 0 radical (unpaired) electrons. The molecule has 120 valence electrons. The van der Waals surface area contributed by atoms with Crippen LogP contribution in [0.4, 0.5) is 13.2 Å². The minimum atomic E-state index is -4.58. The number of nitrogens with one attached hydrogen (secondary N) is 1. The Hall–Kier alpha value is -2.35. The van der Waals surface area contributed by atoms with E-state index in [0.717, 1.165) is 0 Å². The van der Waals surface area contributed by atoms with Gasteiger partial charge in [-0.2, -0.15) is 13.2 Å². The van der Waals surface area contributed by atoms with E-state index in [4.69, 9.17) is 4.42 Å². The predicted octanol–water partition coefficient (Wildman–Crippen LogP) is 2.70. The average Bonchev–Trinajstić information content (AvgIpc) is 3.13. The Kier molecular flexibility index (Phi) is 2.99. The van der Waals surface area contributed by atoms with E-state index in [9.17, 15) is 18.0 Å². The van der Waals surface area contributed by atoms with Crippen LogP contribution in [-0.2, 0) is 6.18 Å². The van der Waals surface area contributed by atoms with E-state index in [2.05, 4.69) is 10.3 Å². The highest BCUT2D eigenvalue weighted by atomic mass is 19.4. The van der Waals surface area contributed by atoms with Crippen molar-refractivity contribution in [3.63, 3.8) is 0 Å². The minimum Gasteiger partial charge on any atom is -0.462 e. The second-order valence-corrected chi connectivity index (χ2v) is 5.54. The molecule has 1 aliphatic heterocycles. The molecule has 8 heteroatoms. The summed E-state index contributed by atoms with van der Waals surface area (Å²) in [7, 11) is 0. The molecule has 1 N–H and O–H groups in total. The Morgan fingerprint density at radius 1 is 1.30 bits per heavy atom. The fourth-order valence-corrected chi connectivity index (χ4v) is 3.14. The molecule has 0 aliphatic carbocycles. The number of rotatable bonds is 1. The molecule has 0 amide bonds. The third-order valence-electron chi connectivity index (χ3n) is 4.13. The second-order valence-electron chi connectivity index (χ2n) is 5.54. The number of benzene rings is 1. The van der Waals surface area contributed by atoms with Crippen molar-refractivity contribution in [3.8, 4) is 0 Å². The van der Waals surface area contributed by atoms with Crippen LogP contribution < -0.4 is 10.7 Å². The first kappa shape index (κ1) is 14.3. The van der Waals surface area contributed by atoms with Gasteiger partial charge in [-0.25, -0.2) is 4.98 Å². The molecular weight excluding hydrogens is 311 g/mol. The van der Waals surface area contributed by atoms with Crippen LogP contribution in [0.5, 0.6) is 0 Å². The average molecular weight is 323 g/mol. The van der Waals surface area contributed by atoms with Crippen molar-refractivity contribution in [2.24, 2.45) is 0 Å². The number of halogens is 3. The van der Waals surface area contributed by atoms with Gasteiger partial charge in [0.15, 0.2) is 11.0 Å². The van der Waals surface area contributed by atoms with Gasteiger partial charge in [0, 0.05) is 18.7 Å². The van der Waals surface area contributed by atoms with Crippen molar-refractivity contribution in [1.29, 1.82) is 0 Å². The van der Waals surface area contributed by atoms with E-state index < -0.39 is 12.0 Å². The normalized spacial score (nSPS) is 19.0. The third kappa shape index (κ3) is 2.13. The van der Waals surface area contributed by atoms with E-state index in [-0.39, 0.29) is 33.5 Å². The monoisotopic (exact) mass is 323 g/mol. The number of nitrogens with zero attached hydrogens (tertiary/aromatic N) is 2. The largest absolute Gasteiger partial charge is 0.462 e. The molecule has 5 nitrogen and oxygen atoms in total. The van der Waals surface area contributed by atoms with Crippen LogP contribution in [0, 0.1) is 0 Å². The first-order chi connectivity index (χ1) is 11.0. The van der Waals surface area contributed by atoms with Gasteiger partial charge < -0.3 is 14.3 Å². The van der Waals surface area contributed by atoms with Crippen LogP contribution in [0.1, 0.15) is 18.3 Å². The summed E-state index contributed by atoms with van der Waals surface area (Å²) < 4.78 is 46.8. The van der Waals surface area contributed by atoms with Gasteiger partial charge in [-0.05, 0) is 25.1 Å². The molecule has 1 fully saturated rings. The van der Waals surface area contributed by atoms with Gasteiger partial charge in [0.05, 0.1) is 17.2 Å². The SMILES string of the molecule is O=c1ccoc2c1ccc1nc(C(F)(F)F)n(C3CCNC3)c12. The van der Waals surface area contributed by atoms with Crippen molar-refractivity contribution < 1.29 is 17.6 Å². The molecule has 0 spiro atoms. The first-order valence-corrected chi connectivity index (χ1v) is 7.17. The van der Waals surface area contributed by atoms with Crippen LogP contribution in [0.3, 0.4) is 0 Å². The minimum absolute atomic E-state index is 0.143. The Labute approximate surface area is 127 Å². The maximum atomic E-state index is 13.4. The second kappa shape index (κ2) is 4.82. The van der Waals surface area contributed by atoms with E-state index >= 15 is 0 Å². The highest BCUT2D eigenvalue weighted by Gasteiger charge is 2.40. The highest BCUT2D eigenvalue weighted by Crippen LogP contribution is 2.37. The summed E-state index contributed by atoms with van der Waals surface area (Å²) in [6.45, 7) is 1.05. The van der Waals surface area contributed by atoms with Crippen molar-refractivity contribution in [2.45, 2.75) is 18.6 Å². The number of alkyl halides is 3. The van der Waals surface area contributed by atoms with Crippen molar-refractivity contribution in [2.75, 3.05) is 13.1 Å². The number of fused-ring (bicyclic) bond motifs is 3. The smallest absolute Gasteiger partial charge is 0.449 e. The van der Waals surface area contributed by atoms with Gasteiger partial charge in [-0.3, -0.25) is 4.79 Å². The lowest BCUT2D eigenvalue weighted by atomic mass is 10.2. The van der Waals surface area contributed by atoms with E-state index in [1.807, 2.05) is 0 Å². The molecule has 0 saturated carbocycles. The topological polar surface area (TPSA) is 60.1 Å². The molecule has 23 heavy (non-hydrogen) atoms. The zero-order valence-corrected chi connectivity index (χ0v) is 11.9. The van der Waals surface area contributed by atoms with Crippen molar-refractivity contribution in [3.05, 3.63) is 40.5 Å². The lowest BCUT2D eigenvalue weighted by Crippen LogP contribution is -2.21. The molecule has 1 unspecified atom stereocenters. The number of imidazole rings is 1. The van der Waals surface area contributed by atoms with Gasteiger partial charge in [0.2, 0.25) is 5.82 Å². The Morgan fingerprint density at radius 2 is 2.13 bits per heavy atom. The van der Waals surface area contributed by atoms with E-state index in [0.29, 0.717) is 19.5 Å².